The minimum absolute atomic E-state index is 0.463. The summed E-state index contributed by atoms with van der Waals surface area (Å²) in [7, 11) is 0. The average Bonchev–Trinajstić information content (AvgIpc) is 2.28. The fraction of sp³-hybridized carbons (Fsp3) is 0.600. The van der Waals surface area contributed by atoms with Gasteiger partial charge >= 0.3 is 0 Å². The molecule has 1 nitrogen and oxygen atoms in total. The van der Waals surface area contributed by atoms with Crippen LogP contribution in [-0.4, -0.2) is 6.54 Å². The summed E-state index contributed by atoms with van der Waals surface area (Å²) in [6.45, 7) is 10.1. The zero-order chi connectivity index (χ0) is 12.0. The van der Waals surface area contributed by atoms with Crippen LogP contribution in [0.1, 0.15) is 51.3 Å². The Morgan fingerprint density at radius 2 is 1.69 bits per heavy atom. The first-order valence-electron chi connectivity index (χ1n) is 6.45. The first-order valence-corrected chi connectivity index (χ1v) is 6.45. The van der Waals surface area contributed by atoms with Gasteiger partial charge in [0.25, 0.3) is 0 Å². The number of rotatable bonds is 6. The van der Waals surface area contributed by atoms with Gasteiger partial charge in [-0.15, -0.1) is 0 Å². The fourth-order valence-electron chi connectivity index (χ4n) is 1.75. The molecule has 1 aromatic carbocycles. The fourth-order valence-corrected chi connectivity index (χ4v) is 1.75. The van der Waals surface area contributed by atoms with Crippen LogP contribution in [0.15, 0.2) is 24.3 Å². The Morgan fingerprint density at radius 1 is 1.06 bits per heavy atom. The van der Waals surface area contributed by atoms with Crippen LogP contribution in [-0.2, 0) is 6.42 Å². The van der Waals surface area contributed by atoms with E-state index in [0.29, 0.717) is 6.04 Å². The maximum atomic E-state index is 3.57. The van der Waals surface area contributed by atoms with Gasteiger partial charge in [-0.3, -0.25) is 0 Å². The van der Waals surface area contributed by atoms with E-state index in [0.717, 1.165) is 18.9 Å². The van der Waals surface area contributed by atoms with Crippen molar-refractivity contribution in [3.63, 3.8) is 0 Å². The van der Waals surface area contributed by atoms with Crippen LogP contribution in [0, 0.1) is 5.92 Å². The molecule has 90 valence electrons. The minimum Gasteiger partial charge on any atom is -0.310 e. The summed E-state index contributed by atoms with van der Waals surface area (Å²) in [5.74, 6) is 0.780. The van der Waals surface area contributed by atoms with Crippen LogP contribution < -0.4 is 5.32 Å². The van der Waals surface area contributed by atoms with Crippen LogP contribution in [0.4, 0.5) is 0 Å². The Labute approximate surface area is 100 Å². The van der Waals surface area contributed by atoms with Crippen molar-refractivity contribution in [3.05, 3.63) is 35.4 Å². The van der Waals surface area contributed by atoms with Gasteiger partial charge < -0.3 is 5.32 Å². The van der Waals surface area contributed by atoms with E-state index in [2.05, 4.69) is 57.3 Å². The van der Waals surface area contributed by atoms with E-state index in [-0.39, 0.29) is 0 Å². The number of nitrogens with one attached hydrogen (secondary N) is 1. The first kappa shape index (κ1) is 13.2. The molecule has 0 aromatic heterocycles. The smallest absolute Gasteiger partial charge is 0.0291 e. The second-order valence-electron chi connectivity index (χ2n) is 4.95. The monoisotopic (exact) mass is 219 g/mol. The third-order valence-electron chi connectivity index (χ3n) is 3.06. The molecule has 0 saturated heterocycles. The van der Waals surface area contributed by atoms with E-state index >= 15 is 0 Å². The third-order valence-corrected chi connectivity index (χ3v) is 3.06. The molecule has 0 aliphatic heterocycles. The maximum absolute atomic E-state index is 3.57. The zero-order valence-electron chi connectivity index (χ0n) is 11.1. The average molecular weight is 219 g/mol. The van der Waals surface area contributed by atoms with Crippen LogP contribution in [0.25, 0.3) is 0 Å². The lowest BCUT2D eigenvalue weighted by molar-refractivity contribution is 0.497. The van der Waals surface area contributed by atoms with E-state index in [1.807, 2.05) is 0 Å². The van der Waals surface area contributed by atoms with Gasteiger partial charge in [-0.2, -0.15) is 0 Å². The van der Waals surface area contributed by atoms with Crippen molar-refractivity contribution < 1.29 is 0 Å². The molecule has 1 aromatic rings. The lowest BCUT2D eigenvalue weighted by Gasteiger charge is -2.15. The highest BCUT2D eigenvalue weighted by Gasteiger charge is 2.04. The predicted octanol–water partition coefficient (Wildman–Crippen LogP) is 3.95. The SMILES string of the molecule is CCc1ccc(C(C)NCCC(C)C)cc1. The normalized spacial score (nSPS) is 13.1. The molecule has 16 heavy (non-hydrogen) atoms. The summed E-state index contributed by atoms with van der Waals surface area (Å²) in [6.07, 6.45) is 2.37. The molecule has 0 bridgehead atoms. The summed E-state index contributed by atoms with van der Waals surface area (Å²) in [6, 6.07) is 9.41. The van der Waals surface area contributed by atoms with Gasteiger partial charge in [-0.25, -0.2) is 0 Å². The summed E-state index contributed by atoms with van der Waals surface area (Å²) in [5, 5.41) is 3.57. The molecule has 0 heterocycles. The quantitative estimate of drug-likeness (QED) is 0.764. The Hall–Kier alpha value is -0.820. The maximum Gasteiger partial charge on any atom is 0.0291 e. The number of benzene rings is 1. The Kier molecular flexibility index (Phi) is 5.54. The van der Waals surface area contributed by atoms with Crippen molar-refractivity contribution in [2.24, 2.45) is 5.92 Å². The van der Waals surface area contributed by atoms with Crippen LogP contribution >= 0.6 is 0 Å². The van der Waals surface area contributed by atoms with Gasteiger partial charge in [0.1, 0.15) is 0 Å². The molecule has 0 aliphatic carbocycles. The zero-order valence-corrected chi connectivity index (χ0v) is 11.1. The van der Waals surface area contributed by atoms with Crippen molar-refractivity contribution in [3.8, 4) is 0 Å². The predicted molar refractivity (Wildman–Crippen MR) is 71.7 cm³/mol. The van der Waals surface area contributed by atoms with Crippen molar-refractivity contribution in [2.75, 3.05) is 6.54 Å². The lowest BCUT2D eigenvalue weighted by atomic mass is 10.0. The van der Waals surface area contributed by atoms with Crippen LogP contribution in [0.3, 0.4) is 0 Å². The highest BCUT2D eigenvalue weighted by Crippen LogP contribution is 2.13. The summed E-state index contributed by atoms with van der Waals surface area (Å²) < 4.78 is 0. The van der Waals surface area contributed by atoms with Gasteiger partial charge in [0.2, 0.25) is 0 Å². The van der Waals surface area contributed by atoms with E-state index in [1.165, 1.54) is 17.5 Å². The molecule has 0 spiro atoms. The topological polar surface area (TPSA) is 12.0 Å². The third kappa shape index (κ3) is 4.36. The molecular formula is C15H25N. The summed E-state index contributed by atoms with van der Waals surface area (Å²) in [4.78, 5) is 0. The molecule has 1 unspecified atom stereocenters. The molecule has 1 heteroatoms. The van der Waals surface area contributed by atoms with Crippen molar-refractivity contribution >= 4 is 0 Å². The second kappa shape index (κ2) is 6.70. The standard InChI is InChI=1S/C15H25N/c1-5-14-6-8-15(9-7-14)13(4)16-11-10-12(2)3/h6-9,12-13,16H,5,10-11H2,1-4H3. The van der Waals surface area contributed by atoms with Gasteiger partial charge in [0, 0.05) is 6.04 Å². The largest absolute Gasteiger partial charge is 0.310 e. The van der Waals surface area contributed by atoms with Crippen LogP contribution in [0.2, 0.25) is 0 Å². The van der Waals surface area contributed by atoms with E-state index < -0.39 is 0 Å². The van der Waals surface area contributed by atoms with Crippen molar-refractivity contribution in [1.82, 2.24) is 5.32 Å². The first-order chi connectivity index (χ1) is 7.63. The number of aryl methyl sites for hydroxylation is 1. The van der Waals surface area contributed by atoms with Gasteiger partial charge in [-0.1, -0.05) is 45.0 Å². The lowest BCUT2D eigenvalue weighted by Crippen LogP contribution is -2.20. The highest BCUT2D eigenvalue weighted by atomic mass is 14.9. The Balaban J connectivity index is 2.43. The van der Waals surface area contributed by atoms with Crippen LogP contribution in [0.5, 0.6) is 0 Å². The van der Waals surface area contributed by atoms with E-state index in [9.17, 15) is 0 Å². The molecule has 0 radical (unpaired) electrons. The van der Waals surface area contributed by atoms with E-state index in [1.54, 1.807) is 0 Å². The van der Waals surface area contributed by atoms with Gasteiger partial charge in [-0.05, 0) is 43.4 Å². The Bertz CT molecular complexity index is 287. The van der Waals surface area contributed by atoms with Crippen molar-refractivity contribution in [2.45, 2.75) is 46.6 Å². The second-order valence-corrected chi connectivity index (χ2v) is 4.95. The minimum atomic E-state index is 0.463. The number of hydrogen-bond acceptors (Lipinski definition) is 1. The van der Waals surface area contributed by atoms with Gasteiger partial charge in [0.05, 0.1) is 0 Å². The van der Waals surface area contributed by atoms with E-state index in [4.69, 9.17) is 0 Å². The highest BCUT2D eigenvalue weighted by molar-refractivity contribution is 5.24. The Morgan fingerprint density at radius 3 is 2.19 bits per heavy atom. The molecule has 0 amide bonds. The molecule has 0 aliphatic rings. The molecule has 1 atom stereocenters. The summed E-state index contributed by atoms with van der Waals surface area (Å²) in [5.41, 5.74) is 2.80. The molecular weight excluding hydrogens is 194 g/mol. The molecule has 1 rings (SSSR count). The molecule has 1 N–H and O–H groups in total. The molecule has 0 fully saturated rings. The molecule has 0 saturated carbocycles. The summed E-state index contributed by atoms with van der Waals surface area (Å²) >= 11 is 0. The van der Waals surface area contributed by atoms with Crippen molar-refractivity contribution in [1.29, 1.82) is 0 Å². The van der Waals surface area contributed by atoms with Gasteiger partial charge in [0.15, 0.2) is 0 Å². The number of hydrogen-bond donors (Lipinski definition) is 1.